The van der Waals surface area contributed by atoms with E-state index < -0.39 is 7.12 Å². The van der Waals surface area contributed by atoms with Crippen molar-refractivity contribution < 1.29 is 14.5 Å². The van der Waals surface area contributed by atoms with Gasteiger partial charge in [0.1, 0.15) is 11.2 Å². The number of para-hydroxylation sites is 3. The van der Waals surface area contributed by atoms with Crippen molar-refractivity contribution in [1.29, 1.82) is 0 Å². The Kier molecular flexibility index (Phi) is 5.80. The molecule has 4 nitrogen and oxygen atoms in total. The molecule has 0 amide bonds. The van der Waals surface area contributed by atoms with E-state index in [-0.39, 0.29) is 0 Å². The molecule has 0 aliphatic rings. The molecule has 0 spiro atoms. The van der Waals surface area contributed by atoms with Crippen LogP contribution in [0.4, 0.5) is 0 Å². The topological polar surface area (TPSA) is 58.5 Å². The average Bonchev–Trinajstić information content (AvgIpc) is 3.56. The summed E-state index contributed by atoms with van der Waals surface area (Å²) in [6.07, 6.45) is 0. The first-order chi connectivity index (χ1) is 21.0. The largest absolute Gasteiger partial charge is 0.492 e. The Bertz CT molecular complexity index is 2350. The van der Waals surface area contributed by atoms with E-state index in [0.29, 0.717) is 11.0 Å². The quantitative estimate of drug-likeness (QED) is 0.214. The van der Waals surface area contributed by atoms with Gasteiger partial charge in [-0.05, 0) is 78.1 Å². The molecular formula is C38H28BNO3. The van der Waals surface area contributed by atoms with Gasteiger partial charge in [-0.2, -0.15) is 0 Å². The van der Waals surface area contributed by atoms with Crippen LogP contribution < -0.4 is 5.46 Å². The van der Waals surface area contributed by atoms with Crippen molar-refractivity contribution in [1.82, 2.24) is 4.57 Å². The van der Waals surface area contributed by atoms with Crippen LogP contribution in [0.3, 0.4) is 0 Å². The molecule has 5 heteroatoms. The molecule has 0 atom stereocenters. The highest BCUT2D eigenvalue weighted by molar-refractivity contribution is 6.61. The van der Waals surface area contributed by atoms with Crippen LogP contribution >= 0.6 is 0 Å². The lowest BCUT2D eigenvalue weighted by Crippen LogP contribution is -2.29. The Balaban J connectivity index is 1.41. The van der Waals surface area contributed by atoms with Gasteiger partial charge in [0, 0.05) is 38.3 Å². The van der Waals surface area contributed by atoms with Crippen LogP contribution in [0.2, 0.25) is 0 Å². The number of rotatable bonds is 4. The third kappa shape index (κ3) is 3.93. The molecular weight excluding hydrogens is 529 g/mol. The fourth-order valence-electron chi connectivity index (χ4n) is 6.63. The number of aryl methyl sites for hydroxylation is 2. The van der Waals surface area contributed by atoms with Crippen LogP contribution in [-0.4, -0.2) is 21.7 Å². The Hall–Kier alpha value is -5.10. The Morgan fingerprint density at radius 3 is 2.02 bits per heavy atom. The molecule has 0 radical (unpaired) electrons. The smallest absolute Gasteiger partial charge is 0.456 e. The SMILES string of the molecule is Cc1ccccc1-c1cc2c(cc1C)c1cc(-c3cccc4c3oc3c(B(O)O)cccc34)ccc1n2-c1ccccc1. The summed E-state index contributed by atoms with van der Waals surface area (Å²) in [6, 6.07) is 41.9. The fourth-order valence-corrected chi connectivity index (χ4v) is 6.63. The molecule has 0 saturated heterocycles. The first-order valence-electron chi connectivity index (χ1n) is 14.5. The van der Waals surface area contributed by atoms with E-state index in [0.717, 1.165) is 49.6 Å². The number of fused-ring (bicyclic) bond motifs is 6. The van der Waals surface area contributed by atoms with Gasteiger partial charge in [0.25, 0.3) is 0 Å². The van der Waals surface area contributed by atoms with Crippen LogP contribution in [0.15, 0.2) is 126 Å². The molecule has 0 fully saturated rings. The molecule has 0 aliphatic carbocycles. The Morgan fingerprint density at radius 1 is 0.535 bits per heavy atom. The molecule has 43 heavy (non-hydrogen) atoms. The second kappa shape index (κ2) is 9.74. The summed E-state index contributed by atoms with van der Waals surface area (Å²) in [5.41, 5.74) is 12.0. The number of hydrogen-bond donors (Lipinski definition) is 2. The summed E-state index contributed by atoms with van der Waals surface area (Å²) in [7, 11) is -1.61. The molecule has 2 aromatic heterocycles. The van der Waals surface area contributed by atoms with Gasteiger partial charge in [0.15, 0.2) is 0 Å². The third-order valence-corrected chi connectivity index (χ3v) is 8.70. The normalized spacial score (nSPS) is 11.7. The standard InChI is InChI=1S/C38H28BNO3/c1-23-10-6-7-13-27(23)31-22-36-32(20-24(31)2)33-21-25(18-19-35(33)40(36)26-11-4-3-5-12-26)28-14-8-15-29-30-16-9-17-34(39(41)42)38(30)43-37(28)29/h3-22,41-42H,1-2H3. The number of nitrogens with zero attached hydrogens (tertiary/aromatic N) is 1. The minimum atomic E-state index is -1.61. The lowest BCUT2D eigenvalue weighted by molar-refractivity contribution is 0.425. The monoisotopic (exact) mass is 557 g/mol. The van der Waals surface area contributed by atoms with Crippen molar-refractivity contribution in [2.75, 3.05) is 0 Å². The molecule has 8 aromatic rings. The predicted molar refractivity (Wildman–Crippen MR) is 178 cm³/mol. The van der Waals surface area contributed by atoms with Crippen LogP contribution in [0.25, 0.3) is 71.7 Å². The minimum absolute atomic E-state index is 0.362. The lowest BCUT2D eigenvalue weighted by Gasteiger charge is -2.12. The highest BCUT2D eigenvalue weighted by atomic mass is 16.4. The second-order valence-electron chi connectivity index (χ2n) is 11.3. The van der Waals surface area contributed by atoms with Gasteiger partial charge < -0.3 is 19.0 Å². The maximum Gasteiger partial charge on any atom is 0.492 e. The summed E-state index contributed by atoms with van der Waals surface area (Å²) in [4.78, 5) is 0. The third-order valence-electron chi connectivity index (χ3n) is 8.70. The highest BCUT2D eigenvalue weighted by Gasteiger charge is 2.21. The number of furan rings is 1. The van der Waals surface area contributed by atoms with Crippen LogP contribution in [0, 0.1) is 13.8 Å². The summed E-state index contributed by atoms with van der Waals surface area (Å²) in [5.74, 6) is 0. The number of benzene rings is 6. The maximum absolute atomic E-state index is 9.97. The van der Waals surface area contributed by atoms with Gasteiger partial charge in [0.2, 0.25) is 0 Å². The Morgan fingerprint density at radius 2 is 1.23 bits per heavy atom. The van der Waals surface area contributed by atoms with E-state index in [9.17, 15) is 10.0 Å². The van der Waals surface area contributed by atoms with Crippen molar-refractivity contribution in [2.24, 2.45) is 0 Å². The summed E-state index contributed by atoms with van der Waals surface area (Å²) in [6.45, 7) is 4.36. The van der Waals surface area contributed by atoms with E-state index >= 15 is 0 Å². The van der Waals surface area contributed by atoms with Gasteiger partial charge in [-0.3, -0.25) is 0 Å². The van der Waals surface area contributed by atoms with Gasteiger partial charge in [0.05, 0.1) is 11.0 Å². The molecule has 8 rings (SSSR count). The first kappa shape index (κ1) is 25.6. The fraction of sp³-hybridized carbons (Fsp3) is 0.0526. The average molecular weight is 557 g/mol. The Labute approximate surface area is 249 Å². The molecule has 206 valence electrons. The van der Waals surface area contributed by atoms with Crippen LogP contribution in [0.5, 0.6) is 0 Å². The van der Waals surface area contributed by atoms with Crippen LogP contribution in [0.1, 0.15) is 11.1 Å². The zero-order chi connectivity index (χ0) is 29.2. The van der Waals surface area contributed by atoms with Crippen molar-refractivity contribution in [3.05, 3.63) is 132 Å². The summed E-state index contributed by atoms with van der Waals surface area (Å²) < 4.78 is 8.73. The van der Waals surface area contributed by atoms with Gasteiger partial charge in [-0.1, -0.05) is 84.9 Å². The zero-order valence-corrected chi connectivity index (χ0v) is 23.9. The predicted octanol–water partition coefficient (Wildman–Crippen LogP) is 8.31. The molecule has 0 bridgehead atoms. The molecule has 2 heterocycles. The van der Waals surface area contributed by atoms with E-state index in [1.807, 2.05) is 30.3 Å². The van der Waals surface area contributed by atoms with E-state index in [2.05, 4.69) is 103 Å². The first-order valence-corrected chi connectivity index (χ1v) is 14.5. The van der Waals surface area contributed by atoms with Crippen molar-refractivity contribution in [3.8, 4) is 27.9 Å². The van der Waals surface area contributed by atoms with E-state index in [1.165, 1.54) is 27.6 Å². The van der Waals surface area contributed by atoms with Crippen molar-refractivity contribution in [3.63, 3.8) is 0 Å². The van der Waals surface area contributed by atoms with Gasteiger partial charge in [-0.25, -0.2) is 0 Å². The number of hydrogen-bond acceptors (Lipinski definition) is 3. The molecule has 0 unspecified atom stereocenters. The van der Waals surface area contributed by atoms with Crippen LogP contribution in [-0.2, 0) is 0 Å². The highest BCUT2D eigenvalue weighted by Crippen LogP contribution is 2.41. The maximum atomic E-state index is 9.97. The molecule has 0 saturated carbocycles. The van der Waals surface area contributed by atoms with Gasteiger partial charge in [-0.15, -0.1) is 0 Å². The molecule has 0 aliphatic heterocycles. The zero-order valence-electron chi connectivity index (χ0n) is 23.9. The summed E-state index contributed by atoms with van der Waals surface area (Å²) in [5, 5.41) is 24.1. The number of aromatic nitrogens is 1. The van der Waals surface area contributed by atoms with Gasteiger partial charge >= 0.3 is 7.12 Å². The summed E-state index contributed by atoms with van der Waals surface area (Å²) >= 11 is 0. The van der Waals surface area contributed by atoms with Crippen molar-refractivity contribution >= 4 is 56.3 Å². The second-order valence-corrected chi connectivity index (χ2v) is 11.3. The van der Waals surface area contributed by atoms with Crippen molar-refractivity contribution in [2.45, 2.75) is 13.8 Å². The minimum Gasteiger partial charge on any atom is -0.456 e. The lowest BCUT2D eigenvalue weighted by atomic mass is 9.79. The van der Waals surface area contributed by atoms with E-state index in [4.69, 9.17) is 4.42 Å². The van der Waals surface area contributed by atoms with E-state index in [1.54, 1.807) is 6.07 Å². The molecule has 6 aromatic carbocycles. The molecule has 2 N–H and O–H groups in total.